The first-order valence-corrected chi connectivity index (χ1v) is 8.71. The Kier molecular flexibility index (Phi) is 5.58. The van der Waals surface area contributed by atoms with E-state index in [9.17, 15) is 4.79 Å². The van der Waals surface area contributed by atoms with Crippen molar-refractivity contribution in [2.45, 2.75) is 0 Å². The number of aromatic nitrogens is 1. The third kappa shape index (κ3) is 3.59. The minimum absolute atomic E-state index is 0.231. The van der Waals surface area contributed by atoms with Crippen molar-refractivity contribution in [3.63, 3.8) is 0 Å². The molecule has 1 heterocycles. The molecule has 8 heteroatoms. The van der Waals surface area contributed by atoms with Crippen molar-refractivity contribution in [1.82, 2.24) is 9.99 Å². The van der Waals surface area contributed by atoms with Crippen LogP contribution in [0.3, 0.4) is 0 Å². The molecule has 140 valence electrons. The van der Waals surface area contributed by atoms with Gasteiger partial charge in [0.2, 0.25) is 0 Å². The maximum atomic E-state index is 12.5. The van der Waals surface area contributed by atoms with Gasteiger partial charge in [-0.15, -0.1) is 0 Å². The lowest BCUT2D eigenvalue weighted by molar-refractivity contribution is 0.0947. The SMILES string of the molecule is COc1c(Cl)cc(/C=N/NC(=O)c2cc3ccccc3n2C)c(OC)c1Cl. The highest BCUT2D eigenvalue weighted by molar-refractivity contribution is 6.38. The van der Waals surface area contributed by atoms with Gasteiger partial charge < -0.3 is 14.0 Å². The zero-order chi connectivity index (χ0) is 19.6. The Balaban J connectivity index is 1.85. The summed E-state index contributed by atoms with van der Waals surface area (Å²) in [4.78, 5) is 12.5. The molecule has 0 saturated carbocycles. The molecule has 0 spiro atoms. The fraction of sp³-hybridized carbons (Fsp3) is 0.158. The number of halogens is 2. The number of benzene rings is 2. The van der Waals surface area contributed by atoms with Crippen molar-refractivity contribution in [1.29, 1.82) is 0 Å². The molecule has 0 aliphatic rings. The molecule has 27 heavy (non-hydrogen) atoms. The van der Waals surface area contributed by atoms with Crippen molar-refractivity contribution in [3.05, 3.63) is 57.7 Å². The van der Waals surface area contributed by atoms with Crippen molar-refractivity contribution >= 4 is 46.2 Å². The smallest absolute Gasteiger partial charge is 0.287 e. The molecule has 0 atom stereocenters. The van der Waals surface area contributed by atoms with E-state index in [1.165, 1.54) is 20.4 Å². The van der Waals surface area contributed by atoms with Gasteiger partial charge in [-0.1, -0.05) is 41.4 Å². The van der Waals surface area contributed by atoms with Gasteiger partial charge in [-0.25, -0.2) is 5.43 Å². The normalized spacial score (nSPS) is 11.1. The molecule has 0 aliphatic heterocycles. The molecule has 0 saturated heterocycles. The van der Waals surface area contributed by atoms with Crippen molar-refractivity contribution in [2.75, 3.05) is 14.2 Å². The number of hydrogen-bond donors (Lipinski definition) is 1. The van der Waals surface area contributed by atoms with Gasteiger partial charge in [0.25, 0.3) is 5.91 Å². The van der Waals surface area contributed by atoms with Gasteiger partial charge in [0.05, 0.1) is 25.5 Å². The zero-order valence-electron chi connectivity index (χ0n) is 14.9. The van der Waals surface area contributed by atoms with Gasteiger partial charge in [-0.2, -0.15) is 5.10 Å². The molecule has 0 fully saturated rings. The van der Waals surface area contributed by atoms with E-state index in [1.807, 2.05) is 41.9 Å². The van der Waals surface area contributed by atoms with Gasteiger partial charge in [0.15, 0.2) is 5.75 Å². The number of carbonyl (C=O) groups is 1. The molecular weight excluding hydrogens is 389 g/mol. The second-order valence-electron chi connectivity index (χ2n) is 5.67. The number of ether oxygens (including phenoxy) is 2. The van der Waals surface area contributed by atoms with Crippen LogP contribution in [-0.4, -0.2) is 30.9 Å². The van der Waals surface area contributed by atoms with Crippen LogP contribution in [-0.2, 0) is 7.05 Å². The Morgan fingerprint density at radius 2 is 1.85 bits per heavy atom. The first-order chi connectivity index (χ1) is 13.0. The summed E-state index contributed by atoms with van der Waals surface area (Å²) in [5, 5.41) is 5.52. The summed E-state index contributed by atoms with van der Waals surface area (Å²) < 4.78 is 12.3. The molecule has 0 unspecified atom stereocenters. The van der Waals surface area contributed by atoms with Gasteiger partial charge >= 0.3 is 0 Å². The molecule has 3 rings (SSSR count). The molecule has 2 aromatic carbocycles. The molecule has 1 aromatic heterocycles. The maximum Gasteiger partial charge on any atom is 0.287 e. The van der Waals surface area contributed by atoms with Crippen LogP contribution in [0.15, 0.2) is 41.5 Å². The van der Waals surface area contributed by atoms with Gasteiger partial charge in [-0.3, -0.25) is 4.79 Å². The molecule has 0 aliphatic carbocycles. The molecule has 1 amide bonds. The number of nitrogens with one attached hydrogen (secondary N) is 1. The third-order valence-electron chi connectivity index (χ3n) is 4.12. The van der Waals surface area contributed by atoms with Crippen LogP contribution in [0.5, 0.6) is 11.5 Å². The van der Waals surface area contributed by atoms with E-state index in [4.69, 9.17) is 32.7 Å². The lowest BCUT2D eigenvalue weighted by Crippen LogP contribution is -2.20. The highest BCUT2D eigenvalue weighted by Crippen LogP contribution is 2.41. The molecule has 0 bridgehead atoms. The van der Waals surface area contributed by atoms with Crippen molar-refractivity contribution in [3.8, 4) is 11.5 Å². The zero-order valence-corrected chi connectivity index (χ0v) is 16.4. The van der Waals surface area contributed by atoms with E-state index >= 15 is 0 Å². The fourth-order valence-corrected chi connectivity index (χ4v) is 3.52. The summed E-state index contributed by atoms with van der Waals surface area (Å²) in [6.45, 7) is 0. The van der Waals surface area contributed by atoms with E-state index in [0.29, 0.717) is 27.8 Å². The third-order valence-corrected chi connectivity index (χ3v) is 4.75. The van der Waals surface area contributed by atoms with Gasteiger partial charge in [0.1, 0.15) is 16.5 Å². The Labute approximate surface area is 166 Å². The van der Waals surface area contributed by atoms with E-state index in [2.05, 4.69) is 10.5 Å². The van der Waals surface area contributed by atoms with E-state index < -0.39 is 0 Å². The number of aryl methyl sites for hydroxylation is 1. The van der Waals surface area contributed by atoms with Crippen molar-refractivity contribution in [2.24, 2.45) is 12.1 Å². The summed E-state index contributed by atoms with van der Waals surface area (Å²) in [6, 6.07) is 11.1. The van der Waals surface area contributed by atoms with E-state index in [-0.39, 0.29) is 10.9 Å². The van der Waals surface area contributed by atoms with Crippen LogP contribution in [0, 0.1) is 0 Å². The first-order valence-electron chi connectivity index (χ1n) is 7.95. The monoisotopic (exact) mass is 405 g/mol. The molecule has 1 N–H and O–H groups in total. The number of hydrogen-bond acceptors (Lipinski definition) is 4. The Bertz CT molecular complexity index is 1040. The number of amides is 1. The largest absolute Gasteiger partial charge is 0.494 e. The molecular formula is C19H17Cl2N3O3. The Hall–Kier alpha value is -2.70. The number of hydrazone groups is 1. The van der Waals surface area contributed by atoms with Crippen molar-refractivity contribution < 1.29 is 14.3 Å². The summed E-state index contributed by atoms with van der Waals surface area (Å²) in [7, 11) is 4.76. The topological polar surface area (TPSA) is 64.8 Å². The minimum atomic E-state index is -0.338. The van der Waals surface area contributed by atoms with E-state index in [0.717, 1.165) is 10.9 Å². The van der Waals surface area contributed by atoms with Crippen LogP contribution in [0.2, 0.25) is 10.0 Å². The number of nitrogens with zero attached hydrogens (tertiary/aromatic N) is 2. The number of fused-ring (bicyclic) bond motifs is 1. The van der Waals surface area contributed by atoms with Crippen LogP contribution in [0.4, 0.5) is 0 Å². The highest BCUT2D eigenvalue weighted by atomic mass is 35.5. The first kappa shape index (κ1) is 19.1. The molecule has 3 aromatic rings. The second kappa shape index (κ2) is 7.90. The summed E-state index contributed by atoms with van der Waals surface area (Å²) in [5.41, 5.74) is 4.46. The number of methoxy groups -OCH3 is 2. The number of rotatable bonds is 5. The second-order valence-corrected chi connectivity index (χ2v) is 6.46. The number of para-hydroxylation sites is 1. The average molecular weight is 406 g/mol. The number of carbonyl (C=O) groups excluding carboxylic acids is 1. The lowest BCUT2D eigenvalue weighted by Gasteiger charge is -2.12. The van der Waals surface area contributed by atoms with Crippen LogP contribution in [0.25, 0.3) is 10.9 Å². The highest BCUT2D eigenvalue weighted by Gasteiger charge is 2.17. The quantitative estimate of drug-likeness (QED) is 0.509. The van der Waals surface area contributed by atoms with Crippen LogP contribution >= 0.6 is 23.2 Å². The minimum Gasteiger partial charge on any atom is -0.494 e. The Morgan fingerprint density at radius 1 is 1.15 bits per heavy atom. The predicted octanol–water partition coefficient (Wildman–Crippen LogP) is 4.27. The van der Waals surface area contributed by atoms with Crippen LogP contribution < -0.4 is 14.9 Å². The summed E-state index contributed by atoms with van der Waals surface area (Å²) >= 11 is 12.4. The fourth-order valence-electron chi connectivity index (χ4n) is 2.82. The summed E-state index contributed by atoms with van der Waals surface area (Å²) in [5.74, 6) is 0.321. The van der Waals surface area contributed by atoms with Gasteiger partial charge in [-0.05, 0) is 18.2 Å². The van der Waals surface area contributed by atoms with E-state index in [1.54, 1.807) is 6.07 Å². The molecule has 0 radical (unpaired) electrons. The van der Waals surface area contributed by atoms with Crippen LogP contribution in [0.1, 0.15) is 16.1 Å². The summed E-state index contributed by atoms with van der Waals surface area (Å²) in [6.07, 6.45) is 1.41. The standard InChI is InChI=1S/C19H17Cl2N3O3/c1-24-14-7-5-4-6-11(14)9-15(24)19(25)23-22-10-12-8-13(20)18(27-3)16(21)17(12)26-2/h4-10H,1-3H3,(H,23,25)/b22-10+. The lowest BCUT2D eigenvalue weighted by atomic mass is 10.2. The maximum absolute atomic E-state index is 12.5. The van der Waals surface area contributed by atoms with Gasteiger partial charge in [0, 0.05) is 23.5 Å². The Morgan fingerprint density at radius 3 is 2.52 bits per heavy atom. The molecule has 6 nitrogen and oxygen atoms in total. The average Bonchev–Trinajstić information content (AvgIpc) is 2.99. The predicted molar refractivity (Wildman–Crippen MR) is 108 cm³/mol.